The molecule has 2 aromatic rings. The summed E-state index contributed by atoms with van der Waals surface area (Å²) in [4.78, 5) is 2.14. The summed E-state index contributed by atoms with van der Waals surface area (Å²) in [6.45, 7) is 1.90. The summed E-state index contributed by atoms with van der Waals surface area (Å²) in [5.74, 6) is 0. The van der Waals surface area contributed by atoms with Crippen LogP contribution in [-0.4, -0.2) is 30.1 Å². The predicted molar refractivity (Wildman–Crippen MR) is 69.9 cm³/mol. The van der Waals surface area contributed by atoms with Gasteiger partial charge in [-0.1, -0.05) is 17.7 Å². The highest BCUT2D eigenvalue weighted by Crippen LogP contribution is 2.30. The highest BCUT2D eigenvalue weighted by atomic mass is 35.5. The van der Waals surface area contributed by atoms with Crippen molar-refractivity contribution in [1.29, 1.82) is 0 Å². The lowest BCUT2D eigenvalue weighted by atomic mass is 10.2. The van der Waals surface area contributed by atoms with Gasteiger partial charge in [0.1, 0.15) is 0 Å². The molecule has 0 aliphatic carbocycles. The molecular formula is C12H16ClN3. The molecule has 1 heterocycles. The normalized spacial score (nSPS) is 11.5. The van der Waals surface area contributed by atoms with Gasteiger partial charge in [0.25, 0.3) is 0 Å². The number of aromatic nitrogens is 1. The molecule has 0 atom stereocenters. The van der Waals surface area contributed by atoms with Crippen LogP contribution >= 0.6 is 11.6 Å². The zero-order chi connectivity index (χ0) is 11.7. The van der Waals surface area contributed by atoms with Gasteiger partial charge in [0, 0.05) is 30.4 Å². The standard InChI is InChI=1S/C12H16ClN3/c1-15(2)6-7-16-8-9(13)12-10(14)4-3-5-11(12)16/h3-5,8H,6-7,14H2,1-2H3. The van der Waals surface area contributed by atoms with Crippen LogP contribution in [0.5, 0.6) is 0 Å². The molecule has 4 heteroatoms. The SMILES string of the molecule is CN(C)CCn1cc(Cl)c2c(N)cccc21. The fraction of sp³-hybridized carbons (Fsp3) is 0.333. The molecule has 0 saturated carbocycles. The molecule has 0 radical (unpaired) electrons. The quantitative estimate of drug-likeness (QED) is 0.833. The number of rotatable bonds is 3. The van der Waals surface area contributed by atoms with Gasteiger partial charge in [-0.25, -0.2) is 0 Å². The summed E-state index contributed by atoms with van der Waals surface area (Å²) in [7, 11) is 4.11. The third-order valence-corrected chi connectivity index (χ3v) is 2.97. The van der Waals surface area contributed by atoms with Gasteiger partial charge < -0.3 is 15.2 Å². The Hall–Kier alpha value is -1.19. The molecule has 1 aromatic heterocycles. The first-order valence-electron chi connectivity index (χ1n) is 5.27. The highest BCUT2D eigenvalue weighted by Gasteiger charge is 2.08. The number of halogens is 1. The van der Waals surface area contributed by atoms with Crippen LogP contribution in [0.1, 0.15) is 0 Å². The molecule has 1 aromatic carbocycles. The number of anilines is 1. The Morgan fingerprint density at radius 2 is 2.12 bits per heavy atom. The molecular weight excluding hydrogens is 222 g/mol. The van der Waals surface area contributed by atoms with Gasteiger partial charge in [-0.3, -0.25) is 0 Å². The van der Waals surface area contributed by atoms with E-state index in [0.29, 0.717) is 0 Å². The lowest BCUT2D eigenvalue weighted by Gasteiger charge is -2.11. The Morgan fingerprint density at radius 3 is 2.81 bits per heavy atom. The predicted octanol–water partition coefficient (Wildman–Crippen LogP) is 2.44. The van der Waals surface area contributed by atoms with Crippen molar-refractivity contribution in [3.63, 3.8) is 0 Å². The summed E-state index contributed by atoms with van der Waals surface area (Å²) < 4.78 is 2.15. The molecule has 0 bridgehead atoms. The smallest absolute Gasteiger partial charge is 0.0682 e. The Labute approximate surface area is 100 Å². The second-order valence-electron chi connectivity index (χ2n) is 4.22. The maximum Gasteiger partial charge on any atom is 0.0682 e. The van der Waals surface area contributed by atoms with Crippen molar-refractivity contribution in [2.75, 3.05) is 26.4 Å². The van der Waals surface area contributed by atoms with Crippen LogP contribution in [0, 0.1) is 0 Å². The zero-order valence-corrected chi connectivity index (χ0v) is 10.3. The number of nitrogens with two attached hydrogens (primary N) is 1. The maximum absolute atomic E-state index is 6.18. The summed E-state index contributed by atoms with van der Waals surface area (Å²) in [6, 6.07) is 5.89. The average molecular weight is 238 g/mol. The third kappa shape index (κ3) is 2.01. The zero-order valence-electron chi connectivity index (χ0n) is 9.57. The van der Waals surface area contributed by atoms with Gasteiger partial charge >= 0.3 is 0 Å². The van der Waals surface area contributed by atoms with E-state index in [2.05, 4.69) is 23.6 Å². The van der Waals surface area contributed by atoms with Gasteiger partial charge in [0.15, 0.2) is 0 Å². The van der Waals surface area contributed by atoms with E-state index in [0.717, 1.165) is 34.7 Å². The van der Waals surface area contributed by atoms with Crippen molar-refractivity contribution in [2.24, 2.45) is 0 Å². The van der Waals surface area contributed by atoms with Crippen LogP contribution in [0.15, 0.2) is 24.4 Å². The molecule has 0 amide bonds. The van der Waals surface area contributed by atoms with E-state index in [4.69, 9.17) is 17.3 Å². The van der Waals surface area contributed by atoms with Gasteiger partial charge in [0.05, 0.1) is 10.5 Å². The van der Waals surface area contributed by atoms with Crippen molar-refractivity contribution in [3.05, 3.63) is 29.4 Å². The van der Waals surface area contributed by atoms with Crippen molar-refractivity contribution in [2.45, 2.75) is 6.54 Å². The van der Waals surface area contributed by atoms with E-state index in [-0.39, 0.29) is 0 Å². The lowest BCUT2D eigenvalue weighted by molar-refractivity contribution is 0.387. The number of nitrogens with zero attached hydrogens (tertiary/aromatic N) is 2. The van der Waals surface area contributed by atoms with Crippen molar-refractivity contribution < 1.29 is 0 Å². The molecule has 2 N–H and O–H groups in total. The van der Waals surface area contributed by atoms with Crippen LogP contribution in [0.3, 0.4) is 0 Å². The number of hydrogen-bond acceptors (Lipinski definition) is 2. The van der Waals surface area contributed by atoms with E-state index in [1.165, 1.54) is 0 Å². The van der Waals surface area contributed by atoms with E-state index in [9.17, 15) is 0 Å². The molecule has 3 nitrogen and oxygen atoms in total. The molecule has 0 aliphatic rings. The second kappa shape index (κ2) is 4.36. The Morgan fingerprint density at radius 1 is 1.38 bits per heavy atom. The Kier molecular flexibility index (Phi) is 3.08. The van der Waals surface area contributed by atoms with Gasteiger partial charge in [-0.2, -0.15) is 0 Å². The summed E-state index contributed by atoms with van der Waals surface area (Å²) >= 11 is 6.18. The topological polar surface area (TPSA) is 34.2 Å². The third-order valence-electron chi connectivity index (χ3n) is 2.68. The molecule has 86 valence electrons. The summed E-state index contributed by atoms with van der Waals surface area (Å²) in [5.41, 5.74) is 7.76. The number of likely N-dealkylation sites (N-methyl/N-ethyl adjacent to an activating group) is 1. The second-order valence-corrected chi connectivity index (χ2v) is 4.62. The fourth-order valence-electron chi connectivity index (χ4n) is 1.82. The lowest BCUT2D eigenvalue weighted by Crippen LogP contribution is -2.17. The molecule has 16 heavy (non-hydrogen) atoms. The van der Waals surface area contributed by atoms with E-state index >= 15 is 0 Å². The summed E-state index contributed by atoms with van der Waals surface area (Å²) in [6.07, 6.45) is 1.95. The number of benzene rings is 1. The number of hydrogen-bond donors (Lipinski definition) is 1. The van der Waals surface area contributed by atoms with Crippen molar-refractivity contribution in [1.82, 2.24) is 9.47 Å². The van der Waals surface area contributed by atoms with Gasteiger partial charge in [-0.05, 0) is 26.2 Å². The minimum atomic E-state index is 0.729. The minimum absolute atomic E-state index is 0.729. The number of nitrogen functional groups attached to an aromatic ring is 1. The van der Waals surface area contributed by atoms with E-state index < -0.39 is 0 Å². The average Bonchev–Trinajstić information content (AvgIpc) is 2.54. The Balaban J connectivity index is 2.43. The van der Waals surface area contributed by atoms with Crippen LogP contribution < -0.4 is 5.73 Å². The molecule has 0 unspecified atom stereocenters. The van der Waals surface area contributed by atoms with Crippen molar-refractivity contribution >= 4 is 28.2 Å². The minimum Gasteiger partial charge on any atom is -0.398 e. The largest absolute Gasteiger partial charge is 0.398 e. The van der Waals surface area contributed by atoms with Crippen LogP contribution in [0.4, 0.5) is 5.69 Å². The molecule has 0 fully saturated rings. The van der Waals surface area contributed by atoms with Crippen molar-refractivity contribution in [3.8, 4) is 0 Å². The highest BCUT2D eigenvalue weighted by molar-refractivity contribution is 6.36. The van der Waals surface area contributed by atoms with Gasteiger partial charge in [-0.15, -0.1) is 0 Å². The maximum atomic E-state index is 6.18. The fourth-order valence-corrected chi connectivity index (χ4v) is 2.14. The van der Waals surface area contributed by atoms with Crippen LogP contribution in [-0.2, 0) is 6.54 Å². The van der Waals surface area contributed by atoms with Gasteiger partial charge in [0.2, 0.25) is 0 Å². The molecule has 0 saturated heterocycles. The Bertz CT molecular complexity index is 502. The first-order chi connectivity index (χ1) is 7.59. The summed E-state index contributed by atoms with van der Waals surface area (Å²) in [5, 5.41) is 1.69. The monoisotopic (exact) mass is 237 g/mol. The molecule has 2 rings (SSSR count). The van der Waals surface area contributed by atoms with E-state index in [1.54, 1.807) is 0 Å². The van der Waals surface area contributed by atoms with Crippen LogP contribution in [0.2, 0.25) is 5.02 Å². The first kappa shape index (κ1) is 11.3. The molecule has 0 aliphatic heterocycles. The first-order valence-corrected chi connectivity index (χ1v) is 5.65. The van der Waals surface area contributed by atoms with Crippen LogP contribution in [0.25, 0.3) is 10.9 Å². The number of fused-ring (bicyclic) bond motifs is 1. The van der Waals surface area contributed by atoms with E-state index in [1.807, 2.05) is 24.4 Å². The molecule has 0 spiro atoms.